The highest BCUT2D eigenvalue weighted by Crippen LogP contribution is 2.11. The van der Waals surface area contributed by atoms with Crippen molar-refractivity contribution in [1.29, 1.82) is 0 Å². The van der Waals surface area contributed by atoms with Crippen molar-refractivity contribution in [2.24, 2.45) is 0 Å². The number of pyridine rings is 1. The van der Waals surface area contributed by atoms with Gasteiger partial charge in [-0.25, -0.2) is 0 Å². The first-order valence-corrected chi connectivity index (χ1v) is 6.37. The molecule has 0 aliphatic carbocycles. The molecule has 3 rings (SSSR count). The number of hydrogen-bond donors (Lipinski definition) is 2. The number of H-pyrrole nitrogens is 2. The van der Waals surface area contributed by atoms with E-state index in [1.807, 2.05) is 30.3 Å². The third-order valence-electron chi connectivity index (χ3n) is 3.18. The maximum Gasteiger partial charge on any atom is 0.314 e. The summed E-state index contributed by atoms with van der Waals surface area (Å²) in [4.78, 5) is 31.9. The van der Waals surface area contributed by atoms with Gasteiger partial charge in [0.05, 0.1) is 11.0 Å². The third-order valence-corrected chi connectivity index (χ3v) is 3.18. The predicted molar refractivity (Wildman–Crippen MR) is 76.8 cm³/mol. The number of aromatic nitrogens is 3. The molecule has 2 N–H and O–H groups in total. The van der Waals surface area contributed by atoms with Crippen molar-refractivity contribution in [1.82, 2.24) is 15.0 Å². The molecule has 2 heterocycles. The second kappa shape index (κ2) is 5.13. The van der Waals surface area contributed by atoms with E-state index in [4.69, 9.17) is 0 Å². The van der Waals surface area contributed by atoms with Crippen molar-refractivity contribution in [3.05, 3.63) is 74.6 Å². The van der Waals surface area contributed by atoms with Crippen LogP contribution in [0.15, 0.2) is 52.2 Å². The van der Waals surface area contributed by atoms with Crippen molar-refractivity contribution in [2.75, 3.05) is 0 Å². The molecule has 0 radical (unpaired) electrons. The van der Waals surface area contributed by atoms with Crippen molar-refractivity contribution >= 4 is 11.0 Å². The molecule has 0 spiro atoms. The van der Waals surface area contributed by atoms with Crippen LogP contribution in [-0.2, 0) is 12.8 Å². The van der Waals surface area contributed by atoms with Gasteiger partial charge in [-0.15, -0.1) is 0 Å². The Kier molecular flexibility index (Phi) is 3.16. The second-order valence-corrected chi connectivity index (χ2v) is 4.61. The Morgan fingerprint density at radius 3 is 2.45 bits per heavy atom. The molecule has 0 aliphatic heterocycles. The summed E-state index contributed by atoms with van der Waals surface area (Å²) in [5, 5.41) is 0. The lowest BCUT2D eigenvalue weighted by Gasteiger charge is -2.03. The minimum absolute atomic E-state index is 0.626. The number of aryl methyl sites for hydroxylation is 2. The van der Waals surface area contributed by atoms with Crippen LogP contribution < -0.4 is 11.1 Å². The van der Waals surface area contributed by atoms with Crippen LogP contribution in [-0.4, -0.2) is 15.0 Å². The average Bonchev–Trinajstić information content (AvgIpc) is 2.47. The van der Waals surface area contributed by atoms with Crippen molar-refractivity contribution < 1.29 is 0 Å². The molecule has 1 aromatic carbocycles. The van der Waals surface area contributed by atoms with Crippen molar-refractivity contribution in [2.45, 2.75) is 12.8 Å². The smallest absolute Gasteiger partial charge is 0.314 e. The van der Waals surface area contributed by atoms with Crippen LogP contribution in [0.3, 0.4) is 0 Å². The molecule has 0 fully saturated rings. The van der Waals surface area contributed by atoms with Crippen LogP contribution >= 0.6 is 0 Å². The summed E-state index contributed by atoms with van der Waals surface area (Å²) < 4.78 is 0. The Balaban J connectivity index is 1.88. The molecule has 0 aliphatic rings. The molecule has 100 valence electrons. The first-order chi connectivity index (χ1) is 9.72. The van der Waals surface area contributed by atoms with Crippen molar-refractivity contribution in [3.63, 3.8) is 0 Å². The summed E-state index contributed by atoms with van der Waals surface area (Å²) in [6.07, 6.45) is 3.44. The van der Waals surface area contributed by atoms with E-state index >= 15 is 0 Å². The van der Waals surface area contributed by atoms with Gasteiger partial charge in [0.15, 0.2) is 0 Å². The maximum absolute atomic E-state index is 11.3. The third kappa shape index (κ3) is 2.51. The van der Waals surface area contributed by atoms with Crippen LogP contribution in [0.1, 0.15) is 11.3 Å². The molecule has 2 aromatic heterocycles. The van der Waals surface area contributed by atoms with Crippen LogP contribution in [0.5, 0.6) is 0 Å². The number of fused-ring (bicyclic) bond motifs is 1. The normalized spacial score (nSPS) is 10.8. The fourth-order valence-corrected chi connectivity index (χ4v) is 2.14. The Bertz CT molecular complexity index is 850. The fraction of sp³-hybridized carbons (Fsp3) is 0.133. The summed E-state index contributed by atoms with van der Waals surface area (Å²) in [7, 11) is 0. The quantitative estimate of drug-likeness (QED) is 0.704. The summed E-state index contributed by atoms with van der Waals surface area (Å²) in [5.74, 6) is 0. The van der Waals surface area contributed by atoms with Crippen LogP contribution in [0, 0.1) is 0 Å². The number of nitrogens with zero attached hydrogens (tertiary/aromatic N) is 1. The summed E-state index contributed by atoms with van der Waals surface area (Å²) in [6, 6.07) is 11.5. The van der Waals surface area contributed by atoms with E-state index in [9.17, 15) is 9.59 Å². The summed E-state index contributed by atoms with van der Waals surface area (Å²) in [5.41, 5.74) is 2.15. The Hall–Kier alpha value is -2.69. The summed E-state index contributed by atoms with van der Waals surface area (Å²) in [6.45, 7) is 0. The molecule has 5 heteroatoms. The van der Waals surface area contributed by atoms with Crippen LogP contribution in [0.25, 0.3) is 11.0 Å². The topological polar surface area (TPSA) is 78.6 Å². The highest BCUT2D eigenvalue weighted by molar-refractivity contribution is 5.74. The van der Waals surface area contributed by atoms with Gasteiger partial charge in [-0.2, -0.15) is 0 Å². The van der Waals surface area contributed by atoms with E-state index < -0.39 is 11.1 Å². The number of rotatable bonds is 3. The lowest BCUT2D eigenvalue weighted by molar-refractivity contribution is 0.914. The second-order valence-electron chi connectivity index (χ2n) is 4.61. The maximum atomic E-state index is 11.3. The number of nitrogens with one attached hydrogen (secondary N) is 2. The average molecular weight is 267 g/mol. The predicted octanol–water partition coefficient (Wildman–Crippen LogP) is 1.40. The first kappa shape index (κ1) is 12.3. The molecule has 3 aromatic rings. The van der Waals surface area contributed by atoms with Gasteiger partial charge in [0.2, 0.25) is 0 Å². The van der Waals surface area contributed by atoms with E-state index in [0.717, 1.165) is 24.1 Å². The van der Waals surface area contributed by atoms with Crippen molar-refractivity contribution in [3.8, 4) is 0 Å². The zero-order valence-corrected chi connectivity index (χ0v) is 10.7. The van der Waals surface area contributed by atoms with E-state index in [-0.39, 0.29) is 0 Å². The van der Waals surface area contributed by atoms with Gasteiger partial charge in [0.25, 0.3) is 0 Å². The SMILES string of the molecule is O=c1[nH]c2ccc(CCc3ccccn3)cc2[nH]c1=O. The standard InChI is InChI=1S/C15H13N3O2/c19-14-15(20)18-13-9-10(5-7-12(13)17-14)4-6-11-3-1-2-8-16-11/h1-3,5,7-9H,4,6H2,(H,17,19)(H,18,20). The van der Waals surface area contributed by atoms with Gasteiger partial charge in [0, 0.05) is 11.9 Å². The largest absolute Gasteiger partial charge is 0.316 e. The van der Waals surface area contributed by atoms with Crippen LogP contribution in [0.4, 0.5) is 0 Å². The number of benzene rings is 1. The zero-order chi connectivity index (χ0) is 13.9. The Morgan fingerprint density at radius 1 is 0.900 bits per heavy atom. The number of aromatic amines is 2. The minimum Gasteiger partial charge on any atom is -0.316 e. The molecule has 0 atom stereocenters. The molecule has 0 unspecified atom stereocenters. The lowest BCUT2D eigenvalue weighted by Crippen LogP contribution is -2.28. The monoisotopic (exact) mass is 267 g/mol. The van der Waals surface area contributed by atoms with E-state index in [0.29, 0.717) is 11.0 Å². The minimum atomic E-state index is -0.626. The summed E-state index contributed by atoms with van der Waals surface area (Å²) >= 11 is 0. The van der Waals surface area contributed by atoms with Gasteiger partial charge >= 0.3 is 11.1 Å². The lowest BCUT2D eigenvalue weighted by atomic mass is 10.1. The first-order valence-electron chi connectivity index (χ1n) is 6.37. The van der Waals surface area contributed by atoms with E-state index in [1.54, 1.807) is 12.3 Å². The Labute approximate surface area is 114 Å². The van der Waals surface area contributed by atoms with Gasteiger partial charge < -0.3 is 9.97 Å². The van der Waals surface area contributed by atoms with Gasteiger partial charge in [-0.3, -0.25) is 14.6 Å². The molecular formula is C15H13N3O2. The van der Waals surface area contributed by atoms with E-state index in [1.165, 1.54) is 0 Å². The molecule has 0 saturated carbocycles. The van der Waals surface area contributed by atoms with Crippen LogP contribution in [0.2, 0.25) is 0 Å². The highest BCUT2D eigenvalue weighted by atomic mass is 16.2. The molecular weight excluding hydrogens is 254 g/mol. The molecule has 20 heavy (non-hydrogen) atoms. The zero-order valence-electron chi connectivity index (χ0n) is 10.7. The highest BCUT2D eigenvalue weighted by Gasteiger charge is 2.02. The molecule has 5 nitrogen and oxygen atoms in total. The van der Waals surface area contributed by atoms with E-state index in [2.05, 4.69) is 15.0 Å². The van der Waals surface area contributed by atoms with Gasteiger partial charge in [-0.1, -0.05) is 12.1 Å². The van der Waals surface area contributed by atoms with Gasteiger partial charge in [-0.05, 0) is 42.7 Å². The fourth-order valence-electron chi connectivity index (χ4n) is 2.14. The molecule has 0 saturated heterocycles. The molecule has 0 amide bonds. The molecule has 0 bridgehead atoms. The number of hydrogen-bond acceptors (Lipinski definition) is 3. The Morgan fingerprint density at radius 2 is 1.70 bits per heavy atom. The van der Waals surface area contributed by atoms with Gasteiger partial charge in [0.1, 0.15) is 0 Å².